The molecule has 0 aliphatic heterocycles. The predicted octanol–water partition coefficient (Wildman–Crippen LogP) is 2.55. The van der Waals surface area contributed by atoms with Crippen LogP contribution in [0, 0.1) is 12.7 Å². The van der Waals surface area contributed by atoms with E-state index in [0.717, 1.165) is 5.56 Å². The van der Waals surface area contributed by atoms with Crippen molar-refractivity contribution < 1.29 is 9.18 Å². The lowest BCUT2D eigenvalue weighted by molar-refractivity contribution is -0.119. The number of carbonyl (C=O) groups excluding carboxylic acids is 1. The minimum Gasteiger partial charge on any atom is -0.349 e. The van der Waals surface area contributed by atoms with Crippen molar-refractivity contribution in [1.29, 1.82) is 0 Å². The highest BCUT2D eigenvalue weighted by Crippen LogP contribution is 2.16. The first-order chi connectivity index (χ1) is 7.04. The summed E-state index contributed by atoms with van der Waals surface area (Å²) >= 11 is 5.37. The summed E-state index contributed by atoms with van der Waals surface area (Å²) in [6.45, 7) is 3.52. The number of nitrogens with one attached hydrogen (secondary N) is 1. The van der Waals surface area contributed by atoms with Gasteiger partial charge in [0.05, 0.1) is 6.04 Å². The van der Waals surface area contributed by atoms with Crippen LogP contribution in [0.1, 0.15) is 24.1 Å². The van der Waals surface area contributed by atoms with Crippen LogP contribution in [0.4, 0.5) is 4.39 Å². The molecule has 82 valence electrons. The maximum absolute atomic E-state index is 13.0. The molecule has 0 unspecified atom stereocenters. The van der Waals surface area contributed by atoms with Gasteiger partial charge in [-0.3, -0.25) is 4.79 Å². The molecule has 1 atom stereocenters. The molecule has 1 rings (SSSR count). The maximum atomic E-state index is 13.0. The van der Waals surface area contributed by atoms with Crippen molar-refractivity contribution in [3.8, 4) is 0 Å². The van der Waals surface area contributed by atoms with Crippen LogP contribution in [0.15, 0.2) is 18.2 Å². The Hall–Kier alpha value is -1.09. The van der Waals surface area contributed by atoms with Crippen LogP contribution in [0.5, 0.6) is 0 Å². The van der Waals surface area contributed by atoms with Crippen molar-refractivity contribution in [3.05, 3.63) is 35.1 Å². The number of benzene rings is 1. The van der Waals surface area contributed by atoms with Crippen LogP contribution >= 0.6 is 11.6 Å². The molecule has 0 aromatic heterocycles. The monoisotopic (exact) mass is 229 g/mol. The summed E-state index contributed by atoms with van der Waals surface area (Å²) in [5, 5.41) is 2.70. The number of carbonyl (C=O) groups is 1. The number of aryl methyl sites for hydroxylation is 1. The van der Waals surface area contributed by atoms with E-state index in [1.807, 2.05) is 6.92 Å². The van der Waals surface area contributed by atoms with Gasteiger partial charge in [0.2, 0.25) is 5.91 Å². The van der Waals surface area contributed by atoms with Gasteiger partial charge in [-0.25, -0.2) is 4.39 Å². The first-order valence-corrected chi connectivity index (χ1v) is 5.19. The second kappa shape index (κ2) is 5.12. The Morgan fingerprint density at radius 3 is 2.80 bits per heavy atom. The van der Waals surface area contributed by atoms with Crippen molar-refractivity contribution >= 4 is 17.5 Å². The van der Waals surface area contributed by atoms with Gasteiger partial charge >= 0.3 is 0 Å². The van der Waals surface area contributed by atoms with E-state index in [4.69, 9.17) is 11.6 Å². The van der Waals surface area contributed by atoms with Crippen molar-refractivity contribution in [2.75, 3.05) is 5.88 Å². The van der Waals surface area contributed by atoms with Gasteiger partial charge in [0.25, 0.3) is 0 Å². The quantitative estimate of drug-likeness (QED) is 0.793. The molecule has 0 heterocycles. The third-order valence-corrected chi connectivity index (χ3v) is 2.42. The molecule has 1 N–H and O–H groups in total. The van der Waals surface area contributed by atoms with Crippen LogP contribution in [0.2, 0.25) is 0 Å². The number of halogens is 2. The molecule has 2 nitrogen and oxygen atoms in total. The molecule has 0 saturated carbocycles. The third kappa shape index (κ3) is 3.20. The van der Waals surface area contributed by atoms with Gasteiger partial charge in [-0.2, -0.15) is 0 Å². The van der Waals surface area contributed by atoms with Gasteiger partial charge in [0.1, 0.15) is 11.7 Å². The van der Waals surface area contributed by atoms with E-state index < -0.39 is 0 Å². The molecule has 1 aromatic carbocycles. The Balaban J connectivity index is 2.78. The van der Waals surface area contributed by atoms with E-state index in [9.17, 15) is 9.18 Å². The molecule has 0 aliphatic rings. The number of alkyl halides is 1. The van der Waals surface area contributed by atoms with Gasteiger partial charge < -0.3 is 5.32 Å². The number of hydrogen-bond donors (Lipinski definition) is 1. The predicted molar refractivity (Wildman–Crippen MR) is 58.4 cm³/mol. The van der Waals surface area contributed by atoms with Gasteiger partial charge in [-0.15, -0.1) is 11.6 Å². The van der Waals surface area contributed by atoms with E-state index in [0.29, 0.717) is 5.56 Å². The normalized spacial score (nSPS) is 12.3. The molecule has 1 aromatic rings. The molecular weight excluding hydrogens is 217 g/mol. The first-order valence-electron chi connectivity index (χ1n) is 4.66. The summed E-state index contributed by atoms with van der Waals surface area (Å²) < 4.78 is 13.0. The molecule has 0 bridgehead atoms. The summed E-state index contributed by atoms with van der Waals surface area (Å²) in [4.78, 5) is 11.0. The lowest BCUT2D eigenvalue weighted by Gasteiger charge is -2.14. The third-order valence-electron chi connectivity index (χ3n) is 2.18. The fraction of sp³-hybridized carbons (Fsp3) is 0.364. The zero-order chi connectivity index (χ0) is 11.4. The molecule has 0 radical (unpaired) electrons. The van der Waals surface area contributed by atoms with E-state index in [2.05, 4.69) is 5.32 Å². The van der Waals surface area contributed by atoms with Crippen LogP contribution < -0.4 is 5.32 Å². The lowest BCUT2D eigenvalue weighted by atomic mass is 10.1. The summed E-state index contributed by atoms with van der Waals surface area (Å²) in [6.07, 6.45) is 0. The summed E-state index contributed by atoms with van der Waals surface area (Å²) in [6, 6.07) is 4.61. The number of rotatable bonds is 3. The summed E-state index contributed by atoms with van der Waals surface area (Å²) in [5.74, 6) is -0.536. The van der Waals surface area contributed by atoms with E-state index in [-0.39, 0.29) is 23.6 Å². The topological polar surface area (TPSA) is 29.1 Å². The molecule has 0 spiro atoms. The minimum absolute atomic E-state index is 0.0650. The van der Waals surface area contributed by atoms with Crippen molar-refractivity contribution in [2.24, 2.45) is 0 Å². The SMILES string of the molecule is Cc1cc([C@@H](C)NC(=O)CCl)ccc1F. The largest absolute Gasteiger partial charge is 0.349 e. The summed E-state index contributed by atoms with van der Waals surface area (Å²) in [5.41, 5.74) is 1.44. The average Bonchev–Trinajstić information content (AvgIpc) is 2.21. The highest BCUT2D eigenvalue weighted by atomic mass is 35.5. The molecular formula is C11H13ClFNO. The highest BCUT2D eigenvalue weighted by molar-refractivity contribution is 6.27. The van der Waals surface area contributed by atoms with Crippen LogP contribution in [-0.2, 0) is 4.79 Å². The lowest BCUT2D eigenvalue weighted by Crippen LogP contribution is -2.27. The van der Waals surface area contributed by atoms with Crippen LogP contribution in [0.25, 0.3) is 0 Å². The number of amides is 1. The second-order valence-corrected chi connectivity index (χ2v) is 3.70. The minimum atomic E-state index is -0.241. The Bertz CT molecular complexity index is 368. The smallest absolute Gasteiger partial charge is 0.235 e. The van der Waals surface area contributed by atoms with Gasteiger partial charge in [0, 0.05) is 0 Å². The van der Waals surface area contributed by atoms with E-state index in [1.165, 1.54) is 6.07 Å². The molecule has 0 aliphatic carbocycles. The molecule has 0 fully saturated rings. The molecule has 4 heteroatoms. The van der Waals surface area contributed by atoms with Crippen LogP contribution in [0.3, 0.4) is 0 Å². The number of hydrogen-bond acceptors (Lipinski definition) is 1. The van der Waals surface area contributed by atoms with Crippen molar-refractivity contribution in [1.82, 2.24) is 5.32 Å². The molecule has 15 heavy (non-hydrogen) atoms. The van der Waals surface area contributed by atoms with Crippen molar-refractivity contribution in [2.45, 2.75) is 19.9 Å². The van der Waals surface area contributed by atoms with Crippen LogP contribution in [-0.4, -0.2) is 11.8 Å². The fourth-order valence-corrected chi connectivity index (χ4v) is 1.38. The summed E-state index contributed by atoms with van der Waals surface area (Å²) in [7, 11) is 0. The zero-order valence-electron chi connectivity index (χ0n) is 8.68. The Morgan fingerprint density at radius 2 is 2.27 bits per heavy atom. The Morgan fingerprint density at radius 1 is 1.60 bits per heavy atom. The Labute approximate surface area is 93.4 Å². The standard InChI is InChI=1S/C11H13ClFNO/c1-7-5-9(3-4-10(7)13)8(2)14-11(15)6-12/h3-5,8H,6H2,1-2H3,(H,14,15)/t8-/m1/s1. The fourth-order valence-electron chi connectivity index (χ4n) is 1.30. The van der Waals surface area contributed by atoms with E-state index >= 15 is 0 Å². The Kier molecular flexibility index (Phi) is 4.09. The highest BCUT2D eigenvalue weighted by Gasteiger charge is 2.09. The van der Waals surface area contributed by atoms with E-state index in [1.54, 1.807) is 19.1 Å². The molecule has 0 saturated heterocycles. The zero-order valence-corrected chi connectivity index (χ0v) is 9.44. The van der Waals surface area contributed by atoms with Gasteiger partial charge in [0.15, 0.2) is 0 Å². The molecule has 1 amide bonds. The van der Waals surface area contributed by atoms with Gasteiger partial charge in [-0.05, 0) is 31.0 Å². The average molecular weight is 230 g/mol. The van der Waals surface area contributed by atoms with Gasteiger partial charge in [-0.1, -0.05) is 12.1 Å². The van der Waals surface area contributed by atoms with Crippen molar-refractivity contribution in [3.63, 3.8) is 0 Å². The second-order valence-electron chi connectivity index (χ2n) is 3.43. The maximum Gasteiger partial charge on any atom is 0.235 e. The first kappa shape index (κ1) is 12.0.